The first-order chi connectivity index (χ1) is 38.0. The van der Waals surface area contributed by atoms with E-state index in [1.165, 1.54) is 295 Å². The first-order valence-electron chi connectivity index (χ1n) is 34.7. The largest absolute Gasteiger partial charge is 0.465 e. The maximum absolute atomic E-state index is 12.6. The maximum atomic E-state index is 12.6. The van der Waals surface area contributed by atoms with Crippen LogP contribution in [0.5, 0.6) is 0 Å². The van der Waals surface area contributed by atoms with Crippen molar-refractivity contribution in [2.75, 3.05) is 13.2 Å². The molecule has 0 radical (unpaired) electrons. The molecule has 0 aliphatic heterocycles. The minimum atomic E-state index is -0.670. The molecule has 0 heterocycles. The third-order valence-corrected chi connectivity index (χ3v) is 16.2. The highest BCUT2D eigenvalue weighted by Crippen LogP contribution is 2.19. The Morgan fingerprint density at radius 1 is 0.364 bits per heavy atom. The average Bonchev–Trinajstić information content (AvgIpc) is 3.43. The topological polar surface area (TPSA) is 95.9 Å². The molecule has 0 aromatic rings. The third kappa shape index (κ3) is 63.1. The van der Waals surface area contributed by atoms with Gasteiger partial charge in [0, 0.05) is 12.8 Å². The fourth-order valence-electron chi connectivity index (χ4n) is 10.9. The van der Waals surface area contributed by atoms with E-state index in [4.69, 9.17) is 4.74 Å². The summed E-state index contributed by atoms with van der Waals surface area (Å²) in [6, 6.07) is -0.547. The lowest BCUT2D eigenvalue weighted by atomic mass is 10.0. The van der Waals surface area contributed by atoms with Crippen molar-refractivity contribution < 1.29 is 24.5 Å². The number of unbranched alkanes of at least 4 members (excludes halogenated alkanes) is 48. The zero-order valence-electron chi connectivity index (χ0n) is 52.0. The third-order valence-electron chi connectivity index (χ3n) is 16.2. The molecule has 0 bridgehead atoms. The van der Waals surface area contributed by atoms with Crippen LogP contribution in [-0.4, -0.2) is 47.4 Å². The number of ether oxygens (including phenoxy) is 1. The zero-order valence-corrected chi connectivity index (χ0v) is 52.0. The quantitative estimate of drug-likeness (QED) is 0.0320. The number of rotatable bonds is 65. The zero-order chi connectivity index (χ0) is 55.7. The van der Waals surface area contributed by atoms with Crippen LogP contribution in [0, 0.1) is 0 Å². The summed E-state index contributed by atoms with van der Waals surface area (Å²) in [6.45, 7) is 4.87. The Morgan fingerprint density at radius 3 is 1.00 bits per heavy atom. The molecule has 0 aromatic heterocycles. The minimum Gasteiger partial charge on any atom is -0.465 e. The van der Waals surface area contributed by atoms with Crippen molar-refractivity contribution in [2.45, 2.75) is 392 Å². The Morgan fingerprint density at radius 2 is 0.649 bits per heavy atom. The van der Waals surface area contributed by atoms with E-state index in [1.54, 1.807) is 0 Å². The number of carbonyl (C=O) groups is 2. The molecule has 0 aromatic carbocycles. The number of aliphatic hydroxyl groups is 2. The first kappa shape index (κ1) is 75.1. The Bertz CT molecular complexity index is 1250. The molecular weight excluding hydrogens is 947 g/mol. The van der Waals surface area contributed by atoms with Crippen LogP contribution in [0.15, 0.2) is 36.5 Å². The second kappa shape index (κ2) is 66.6. The van der Waals surface area contributed by atoms with Gasteiger partial charge in [-0.2, -0.15) is 0 Å². The summed E-state index contributed by atoms with van der Waals surface area (Å²) < 4.78 is 5.42. The molecule has 2 atom stereocenters. The summed E-state index contributed by atoms with van der Waals surface area (Å²) >= 11 is 0. The highest BCUT2D eigenvalue weighted by molar-refractivity contribution is 5.76. The van der Waals surface area contributed by atoms with Crippen LogP contribution in [0.3, 0.4) is 0 Å². The predicted molar refractivity (Wildman–Crippen MR) is 338 cm³/mol. The molecular formula is C71H135NO5. The fourth-order valence-corrected chi connectivity index (χ4v) is 10.9. The monoisotopic (exact) mass is 1080 g/mol. The SMILES string of the molecule is CCCCCCCC/C=C\CCCCCCCC(=O)OCC/C=C\C/C=C\CCCCCCCCCCCCCCCCC(=O)NC(CO)C(O)CCCCCCCCCCCCCCCCCCCCCCCCCC. The number of hydrogen-bond acceptors (Lipinski definition) is 5. The molecule has 0 aliphatic carbocycles. The second-order valence-electron chi connectivity index (χ2n) is 23.9. The van der Waals surface area contributed by atoms with Gasteiger partial charge in [0.15, 0.2) is 0 Å². The molecule has 0 fully saturated rings. The van der Waals surface area contributed by atoms with Crippen molar-refractivity contribution >= 4 is 11.9 Å². The summed E-state index contributed by atoms with van der Waals surface area (Å²) in [5, 5.41) is 23.4. The van der Waals surface area contributed by atoms with Gasteiger partial charge in [-0.05, 0) is 70.6 Å². The average molecular weight is 1080 g/mol. The smallest absolute Gasteiger partial charge is 0.305 e. The molecule has 454 valence electrons. The molecule has 0 rings (SSSR count). The van der Waals surface area contributed by atoms with E-state index in [9.17, 15) is 19.8 Å². The van der Waals surface area contributed by atoms with E-state index in [0.29, 0.717) is 25.9 Å². The van der Waals surface area contributed by atoms with Crippen LogP contribution in [0.1, 0.15) is 380 Å². The number of amides is 1. The van der Waals surface area contributed by atoms with Gasteiger partial charge in [-0.3, -0.25) is 9.59 Å². The summed E-state index contributed by atoms with van der Waals surface area (Å²) in [6.07, 6.45) is 84.8. The van der Waals surface area contributed by atoms with Crippen molar-refractivity contribution in [3.63, 3.8) is 0 Å². The van der Waals surface area contributed by atoms with Crippen LogP contribution in [0.25, 0.3) is 0 Å². The van der Waals surface area contributed by atoms with Gasteiger partial charge in [-0.15, -0.1) is 0 Å². The number of hydrogen-bond donors (Lipinski definition) is 3. The number of nitrogens with one attached hydrogen (secondary N) is 1. The molecule has 0 spiro atoms. The van der Waals surface area contributed by atoms with Gasteiger partial charge >= 0.3 is 5.97 Å². The highest BCUT2D eigenvalue weighted by Gasteiger charge is 2.20. The van der Waals surface area contributed by atoms with Gasteiger partial charge in [-0.25, -0.2) is 0 Å². The lowest BCUT2D eigenvalue weighted by molar-refractivity contribution is -0.143. The molecule has 3 N–H and O–H groups in total. The van der Waals surface area contributed by atoms with Crippen molar-refractivity contribution in [3.05, 3.63) is 36.5 Å². The fraction of sp³-hybridized carbons (Fsp3) is 0.887. The number of esters is 1. The van der Waals surface area contributed by atoms with Gasteiger partial charge < -0.3 is 20.3 Å². The van der Waals surface area contributed by atoms with E-state index in [2.05, 4.69) is 55.6 Å². The highest BCUT2D eigenvalue weighted by atomic mass is 16.5. The number of carbonyl (C=O) groups excluding carboxylic acids is 2. The van der Waals surface area contributed by atoms with E-state index in [1.807, 2.05) is 0 Å². The summed E-state index contributed by atoms with van der Waals surface area (Å²) in [7, 11) is 0. The Hall–Kier alpha value is -1.92. The van der Waals surface area contributed by atoms with E-state index in [-0.39, 0.29) is 18.5 Å². The normalized spacial score (nSPS) is 12.7. The molecule has 1 amide bonds. The number of allylic oxidation sites excluding steroid dienone is 5. The van der Waals surface area contributed by atoms with E-state index >= 15 is 0 Å². The molecule has 77 heavy (non-hydrogen) atoms. The van der Waals surface area contributed by atoms with Gasteiger partial charge in [-0.1, -0.05) is 333 Å². The van der Waals surface area contributed by atoms with Crippen molar-refractivity contribution in [3.8, 4) is 0 Å². The number of aliphatic hydroxyl groups excluding tert-OH is 2. The summed E-state index contributed by atoms with van der Waals surface area (Å²) in [4.78, 5) is 24.6. The molecule has 0 saturated heterocycles. The van der Waals surface area contributed by atoms with Gasteiger partial charge in [0.1, 0.15) is 0 Å². The first-order valence-corrected chi connectivity index (χ1v) is 34.7. The van der Waals surface area contributed by atoms with Gasteiger partial charge in [0.05, 0.1) is 25.4 Å². The van der Waals surface area contributed by atoms with E-state index < -0.39 is 12.1 Å². The lowest BCUT2D eigenvalue weighted by Crippen LogP contribution is -2.45. The Balaban J connectivity index is 3.45. The Labute approximate surface area is 481 Å². The second-order valence-corrected chi connectivity index (χ2v) is 23.9. The van der Waals surface area contributed by atoms with E-state index in [0.717, 1.165) is 51.4 Å². The van der Waals surface area contributed by atoms with Crippen LogP contribution < -0.4 is 5.32 Å². The standard InChI is InChI=1S/C71H135NO5/c1-3-5-7-9-11-13-15-17-19-20-21-22-23-24-26-29-32-36-39-43-47-51-55-59-63-69(74)68(67-73)72-70(75)64-60-56-52-48-44-40-37-33-30-27-25-28-31-34-38-42-46-50-54-58-62-66-77-71(76)65-61-57-53-49-45-41-35-18-16-14-12-10-8-6-4-2/h18,35,42,46,54,58,68-69,73-74H,3-17,19-34,36-41,43-45,47-53,55-57,59-67H2,1-2H3,(H,72,75)/b35-18-,46-42-,58-54-. The molecule has 6 heteroatoms. The minimum absolute atomic E-state index is 0.0358. The molecule has 6 nitrogen and oxygen atoms in total. The van der Waals surface area contributed by atoms with Gasteiger partial charge in [0.2, 0.25) is 5.91 Å². The maximum Gasteiger partial charge on any atom is 0.305 e. The van der Waals surface area contributed by atoms with Crippen LogP contribution in [0.4, 0.5) is 0 Å². The molecule has 0 saturated carbocycles. The summed E-state index contributed by atoms with van der Waals surface area (Å²) in [5.41, 5.74) is 0. The Kier molecular flexibility index (Phi) is 64.9. The molecule has 0 aliphatic rings. The van der Waals surface area contributed by atoms with Crippen LogP contribution in [0.2, 0.25) is 0 Å². The molecule has 2 unspecified atom stereocenters. The predicted octanol–water partition coefficient (Wildman–Crippen LogP) is 22.3. The van der Waals surface area contributed by atoms with Crippen molar-refractivity contribution in [1.82, 2.24) is 5.32 Å². The van der Waals surface area contributed by atoms with Crippen LogP contribution >= 0.6 is 0 Å². The van der Waals surface area contributed by atoms with Crippen LogP contribution in [-0.2, 0) is 14.3 Å². The van der Waals surface area contributed by atoms with Crippen molar-refractivity contribution in [2.24, 2.45) is 0 Å². The lowest BCUT2D eigenvalue weighted by Gasteiger charge is -2.22. The summed E-state index contributed by atoms with van der Waals surface area (Å²) in [5.74, 6) is -0.0782. The van der Waals surface area contributed by atoms with Crippen molar-refractivity contribution in [1.29, 1.82) is 0 Å². The van der Waals surface area contributed by atoms with Gasteiger partial charge in [0.25, 0.3) is 0 Å².